The number of hydrogen-bond donors (Lipinski definition) is 1. The molecule has 0 bridgehead atoms. The molecule has 3 heteroatoms. The summed E-state index contributed by atoms with van der Waals surface area (Å²) in [6.45, 7) is 2.86. The van der Waals surface area contributed by atoms with E-state index in [4.69, 9.17) is 22.1 Å². The van der Waals surface area contributed by atoms with Crippen LogP contribution in [0.25, 0.3) is 0 Å². The summed E-state index contributed by atoms with van der Waals surface area (Å²) >= 11 is 6.32. The minimum Gasteiger partial charge on any atom is -0.491 e. The lowest BCUT2D eigenvalue weighted by Crippen LogP contribution is -2.25. The summed E-state index contributed by atoms with van der Waals surface area (Å²) in [5, 5.41) is 0.731. The Hall–Kier alpha value is -0.730. The second kappa shape index (κ2) is 4.43. The highest BCUT2D eigenvalue weighted by Crippen LogP contribution is 2.41. The average Bonchev–Trinajstić information content (AvgIpc) is 3.16. The van der Waals surface area contributed by atoms with Crippen molar-refractivity contribution in [3.63, 3.8) is 0 Å². The summed E-state index contributed by atoms with van der Waals surface area (Å²) in [7, 11) is 0. The summed E-state index contributed by atoms with van der Waals surface area (Å²) < 4.78 is 5.93. The zero-order valence-corrected chi connectivity index (χ0v) is 11.6. The predicted molar refractivity (Wildman–Crippen MR) is 74.3 cm³/mol. The van der Waals surface area contributed by atoms with Gasteiger partial charge in [-0.15, -0.1) is 0 Å². The van der Waals surface area contributed by atoms with E-state index in [0.717, 1.165) is 42.6 Å². The number of aryl methyl sites for hydroxylation is 1. The number of nitrogens with two attached hydrogens (primary N) is 1. The van der Waals surface area contributed by atoms with Crippen LogP contribution in [-0.4, -0.2) is 12.1 Å². The van der Waals surface area contributed by atoms with E-state index < -0.39 is 0 Å². The molecule has 2 aliphatic rings. The van der Waals surface area contributed by atoms with Gasteiger partial charge in [-0.3, -0.25) is 0 Å². The van der Waals surface area contributed by atoms with Crippen molar-refractivity contribution >= 4 is 11.6 Å². The van der Waals surface area contributed by atoms with Crippen molar-refractivity contribution in [3.05, 3.63) is 28.3 Å². The van der Waals surface area contributed by atoms with E-state index in [1.165, 1.54) is 24.0 Å². The zero-order valence-electron chi connectivity index (χ0n) is 10.8. The number of ether oxygens (including phenoxy) is 1. The first-order chi connectivity index (χ1) is 8.56. The number of benzene rings is 1. The molecule has 2 fully saturated rings. The van der Waals surface area contributed by atoms with Crippen LogP contribution in [0.5, 0.6) is 5.75 Å². The van der Waals surface area contributed by atoms with Gasteiger partial charge >= 0.3 is 0 Å². The highest BCUT2D eigenvalue weighted by Gasteiger charge is 2.39. The summed E-state index contributed by atoms with van der Waals surface area (Å²) in [5.74, 6) is 1.61. The van der Waals surface area contributed by atoms with E-state index in [1.807, 2.05) is 6.07 Å². The maximum atomic E-state index is 6.32. The Balaban J connectivity index is 1.82. The van der Waals surface area contributed by atoms with Gasteiger partial charge in [0.1, 0.15) is 5.75 Å². The summed E-state index contributed by atoms with van der Waals surface area (Å²) in [5.41, 5.74) is 8.57. The Labute approximate surface area is 113 Å². The fourth-order valence-electron chi connectivity index (χ4n) is 2.30. The fraction of sp³-hybridized carbons (Fsp3) is 0.600. The maximum absolute atomic E-state index is 6.32. The molecule has 1 aromatic carbocycles. The number of hydrogen-bond acceptors (Lipinski definition) is 2. The minimum atomic E-state index is -0.00515. The van der Waals surface area contributed by atoms with E-state index in [9.17, 15) is 0 Å². The van der Waals surface area contributed by atoms with Crippen molar-refractivity contribution in [1.29, 1.82) is 0 Å². The number of halogens is 1. The van der Waals surface area contributed by atoms with Crippen molar-refractivity contribution < 1.29 is 4.74 Å². The van der Waals surface area contributed by atoms with Gasteiger partial charge in [-0.05, 0) is 62.1 Å². The molecular formula is C15H20ClNO. The standard InChI is InChI=1S/C15H20ClNO/c1-10-6-12(8-15(17)4-5-15)14(13(16)7-10)18-9-11-2-3-11/h6-7,11H,2-5,8-9,17H2,1H3. The maximum Gasteiger partial charge on any atom is 0.141 e. The van der Waals surface area contributed by atoms with Crippen LogP contribution in [0.2, 0.25) is 5.02 Å². The van der Waals surface area contributed by atoms with Crippen molar-refractivity contribution in [1.82, 2.24) is 0 Å². The summed E-state index contributed by atoms with van der Waals surface area (Å²) in [4.78, 5) is 0. The molecule has 2 N–H and O–H groups in total. The van der Waals surface area contributed by atoms with E-state index in [-0.39, 0.29) is 5.54 Å². The van der Waals surface area contributed by atoms with Crippen molar-refractivity contribution in [2.45, 2.75) is 44.6 Å². The summed E-state index contributed by atoms with van der Waals surface area (Å²) in [6.07, 6.45) is 5.69. The second-order valence-corrected chi connectivity index (χ2v) is 6.44. The molecule has 2 aliphatic carbocycles. The Morgan fingerprint density at radius 1 is 1.39 bits per heavy atom. The highest BCUT2D eigenvalue weighted by atomic mass is 35.5. The molecule has 18 heavy (non-hydrogen) atoms. The van der Waals surface area contributed by atoms with Crippen LogP contribution in [0.3, 0.4) is 0 Å². The first-order valence-corrected chi connectivity index (χ1v) is 7.14. The minimum absolute atomic E-state index is 0.00515. The van der Waals surface area contributed by atoms with Gasteiger partial charge in [-0.2, -0.15) is 0 Å². The van der Waals surface area contributed by atoms with Crippen LogP contribution in [0.1, 0.15) is 36.8 Å². The highest BCUT2D eigenvalue weighted by molar-refractivity contribution is 6.32. The first-order valence-electron chi connectivity index (χ1n) is 6.76. The van der Waals surface area contributed by atoms with Crippen LogP contribution in [0, 0.1) is 12.8 Å². The quantitative estimate of drug-likeness (QED) is 0.885. The van der Waals surface area contributed by atoms with E-state index in [0.29, 0.717) is 0 Å². The Kier molecular flexibility index (Phi) is 3.03. The van der Waals surface area contributed by atoms with Gasteiger partial charge in [0.2, 0.25) is 0 Å². The van der Waals surface area contributed by atoms with Gasteiger partial charge in [0, 0.05) is 5.54 Å². The van der Waals surface area contributed by atoms with Gasteiger partial charge in [0.15, 0.2) is 0 Å². The molecule has 0 heterocycles. The molecule has 2 saturated carbocycles. The van der Waals surface area contributed by atoms with Gasteiger partial charge in [-0.1, -0.05) is 17.7 Å². The van der Waals surface area contributed by atoms with E-state index in [2.05, 4.69) is 13.0 Å². The number of rotatable bonds is 5. The molecule has 0 atom stereocenters. The zero-order chi connectivity index (χ0) is 12.8. The third kappa shape index (κ3) is 2.81. The first kappa shape index (κ1) is 12.3. The lowest BCUT2D eigenvalue weighted by Gasteiger charge is -2.16. The average molecular weight is 266 g/mol. The molecule has 3 rings (SSSR count). The monoisotopic (exact) mass is 265 g/mol. The van der Waals surface area contributed by atoms with Gasteiger partial charge in [0.05, 0.1) is 11.6 Å². The smallest absolute Gasteiger partial charge is 0.141 e. The van der Waals surface area contributed by atoms with E-state index in [1.54, 1.807) is 0 Å². The van der Waals surface area contributed by atoms with Crippen LogP contribution in [0.4, 0.5) is 0 Å². The molecular weight excluding hydrogens is 246 g/mol. The lowest BCUT2D eigenvalue weighted by molar-refractivity contribution is 0.296. The summed E-state index contributed by atoms with van der Waals surface area (Å²) in [6, 6.07) is 4.14. The SMILES string of the molecule is Cc1cc(Cl)c(OCC2CC2)c(CC2(N)CC2)c1. The molecule has 0 aromatic heterocycles. The van der Waals surface area contributed by atoms with Crippen LogP contribution < -0.4 is 10.5 Å². The molecule has 0 aliphatic heterocycles. The Bertz CT molecular complexity index is 464. The fourth-order valence-corrected chi connectivity index (χ4v) is 2.64. The van der Waals surface area contributed by atoms with Gasteiger partial charge in [-0.25, -0.2) is 0 Å². The Morgan fingerprint density at radius 3 is 2.72 bits per heavy atom. The second-order valence-electron chi connectivity index (χ2n) is 6.03. The molecule has 1 aromatic rings. The van der Waals surface area contributed by atoms with Gasteiger partial charge in [0.25, 0.3) is 0 Å². The predicted octanol–water partition coefficient (Wildman–Crippen LogP) is 3.47. The van der Waals surface area contributed by atoms with Crippen molar-refractivity contribution in [2.24, 2.45) is 11.7 Å². The molecule has 98 valence electrons. The Morgan fingerprint density at radius 2 is 2.11 bits per heavy atom. The topological polar surface area (TPSA) is 35.2 Å². The van der Waals surface area contributed by atoms with Crippen molar-refractivity contribution in [3.8, 4) is 5.75 Å². The van der Waals surface area contributed by atoms with Crippen LogP contribution >= 0.6 is 11.6 Å². The van der Waals surface area contributed by atoms with Crippen LogP contribution in [-0.2, 0) is 6.42 Å². The normalized spacial score (nSPS) is 20.8. The largest absolute Gasteiger partial charge is 0.491 e. The molecule has 2 nitrogen and oxygen atoms in total. The van der Waals surface area contributed by atoms with Crippen molar-refractivity contribution in [2.75, 3.05) is 6.61 Å². The molecule has 0 spiro atoms. The molecule has 0 radical (unpaired) electrons. The van der Waals surface area contributed by atoms with E-state index >= 15 is 0 Å². The molecule has 0 unspecified atom stereocenters. The molecule has 0 amide bonds. The van der Waals surface area contributed by atoms with Crippen LogP contribution in [0.15, 0.2) is 12.1 Å². The van der Waals surface area contributed by atoms with Gasteiger partial charge < -0.3 is 10.5 Å². The third-order valence-corrected chi connectivity index (χ3v) is 4.14. The lowest BCUT2D eigenvalue weighted by atomic mass is 10.0. The third-order valence-electron chi connectivity index (χ3n) is 3.86. The molecule has 0 saturated heterocycles.